The Morgan fingerprint density at radius 2 is 1.78 bits per heavy atom. The highest BCUT2D eigenvalue weighted by molar-refractivity contribution is 7.91. The number of piperazine rings is 1. The van der Waals surface area contributed by atoms with Gasteiger partial charge in [0, 0.05) is 39.1 Å². The van der Waals surface area contributed by atoms with Crippen molar-refractivity contribution >= 4 is 21.7 Å². The molecule has 0 spiro atoms. The zero-order valence-electron chi connectivity index (χ0n) is 15.7. The molecule has 0 bridgehead atoms. The fourth-order valence-electron chi connectivity index (χ4n) is 2.84. The van der Waals surface area contributed by atoms with Crippen molar-refractivity contribution in [3.05, 3.63) is 42.5 Å². The number of amides is 2. The smallest absolute Gasteiger partial charge is 0.234 e. The lowest BCUT2D eigenvalue weighted by atomic mass is 10.2. The molecule has 8 heteroatoms. The van der Waals surface area contributed by atoms with Crippen LogP contribution in [0.1, 0.15) is 12.0 Å². The van der Waals surface area contributed by atoms with Gasteiger partial charge in [0.1, 0.15) is 0 Å². The van der Waals surface area contributed by atoms with Crippen LogP contribution in [0.3, 0.4) is 0 Å². The summed E-state index contributed by atoms with van der Waals surface area (Å²) in [7, 11) is -3.47. The monoisotopic (exact) mass is 393 g/mol. The van der Waals surface area contributed by atoms with E-state index >= 15 is 0 Å². The molecule has 1 aromatic rings. The van der Waals surface area contributed by atoms with Crippen LogP contribution in [0.2, 0.25) is 0 Å². The fourth-order valence-corrected chi connectivity index (χ4v) is 4.07. The highest BCUT2D eigenvalue weighted by Gasteiger charge is 2.24. The third-order valence-corrected chi connectivity index (χ3v) is 6.23. The van der Waals surface area contributed by atoms with Crippen molar-refractivity contribution in [3.8, 4) is 0 Å². The molecule has 0 saturated carbocycles. The molecule has 2 rings (SSSR count). The van der Waals surface area contributed by atoms with E-state index in [4.69, 9.17) is 0 Å². The number of hydrogen-bond donors (Lipinski definition) is 1. The Bertz CT molecular complexity index is 767. The largest absolute Gasteiger partial charge is 0.352 e. The lowest BCUT2D eigenvalue weighted by molar-refractivity contribution is -0.132. The molecule has 0 radical (unpaired) electrons. The van der Waals surface area contributed by atoms with E-state index in [-0.39, 0.29) is 35.4 Å². The summed E-state index contributed by atoms with van der Waals surface area (Å²) in [6.07, 6.45) is 1.59. The van der Waals surface area contributed by atoms with Crippen LogP contribution in [0.5, 0.6) is 0 Å². The molecule has 148 valence electrons. The van der Waals surface area contributed by atoms with Crippen LogP contribution in [0, 0.1) is 6.92 Å². The summed E-state index contributed by atoms with van der Waals surface area (Å²) in [5.41, 5.74) is 0.987. The number of nitrogens with one attached hydrogen (secondary N) is 1. The van der Waals surface area contributed by atoms with Gasteiger partial charge in [0.2, 0.25) is 11.8 Å². The topological polar surface area (TPSA) is 86.8 Å². The molecule has 1 aromatic carbocycles. The third kappa shape index (κ3) is 6.48. The molecule has 1 N–H and O–H groups in total. The Balaban J connectivity index is 1.78. The average molecular weight is 394 g/mol. The van der Waals surface area contributed by atoms with Crippen LogP contribution >= 0.6 is 0 Å². The molecule has 1 aliphatic rings. The van der Waals surface area contributed by atoms with E-state index in [9.17, 15) is 18.0 Å². The summed E-state index contributed by atoms with van der Waals surface area (Å²) in [4.78, 5) is 28.0. The van der Waals surface area contributed by atoms with Gasteiger partial charge in [0.15, 0.2) is 9.84 Å². The molecule has 0 atom stereocenters. The lowest BCUT2D eigenvalue weighted by Gasteiger charge is -2.34. The maximum Gasteiger partial charge on any atom is 0.234 e. The molecule has 0 aliphatic carbocycles. The quantitative estimate of drug-likeness (QED) is 0.654. The van der Waals surface area contributed by atoms with Crippen molar-refractivity contribution < 1.29 is 18.0 Å². The van der Waals surface area contributed by atoms with E-state index in [1.807, 2.05) is 11.8 Å². The standard InChI is InChI=1S/C19H27N3O4S/c1-3-9-20-18(23)15-21-10-12-22(13-11-21)19(24)8-14-27(25,26)17-6-4-16(2)5-7-17/h3-7H,1,8-15H2,2H3,(H,20,23). The molecule has 1 saturated heterocycles. The van der Waals surface area contributed by atoms with E-state index < -0.39 is 9.84 Å². The first-order valence-corrected chi connectivity index (χ1v) is 10.6. The summed E-state index contributed by atoms with van der Waals surface area (Å²) in [5.74, 6) is -0.431. The zero-order valence-corrected chi connectivity index (χ0v) is 16.5. The molecule has 2 amide bonds. The summed E-state index contributed by atoms with van der Waals surface area (Å²) >= 11 is 0. The zero-order chi connectivity index (χ0) is 19.9. The van der Waals surface area contributed by atoms with Gasteiger partial charge in [-0.1, -0.05) is 23.8 Å². The maximum atomic E-state index is 12.4. The predicted octanol–water partition coefficient (Wildman–Crippen LogP) is 0.605. The van der Waals surface area contributed by atoms with Crippen LogP contribution < -0.4 is 5.32 Å². The normalized spacial score (nSPS) is 15.4. The van der Waals surface area contributed by atoms with Gasteiger partial charge in [-0.15, -0.1) is 6.58 Å². The third-order valence-electron chi connectivity index (χ3n) is 4.50. The van der Waals surface area contributed by atoms with Crippen LogP contribution in [-0.2, 0) is 19.4 Å². The summed E-state index contributed by atoms with van der Waals surface area (Å²) in [6, 6.07) is 6.65. The van der Waals surface area contributed by atoms with Crippen LogP contribution in [0.15, 0.2) is 41.8 Å². The minimum atomic E-state index is -3.47. The minimum Gasteiger partial charge on any atom is -0.352 e. The van der Waals surface area contributed by atoms with Crippen molar-refractivity contribution in [2.45, 2.75) is 18.2 Å². The Morgan fingerprint density at radius 3 is 2.37 bits per heavy atom. The Kier molecular flexibility index (Phi) is 7.55. The summed E-state index contributed by atoms with van der Waals surface area (Å²) < 4.78 is 24.7. The van der Waals surface area contributed by atoms with Crippen molar-refractivity contribution in [1.82, 2.24) is 15.1 Å². The molecule has 1 fully saturated rings. The first-order valence-electron chi connectivity index (χ1n) is 8.99. The van der Waals surface area contributed by atoms with E-state index in [0.29, 0.717) is 32.7 Å². The van der Waals surface area contributed by atoms with E-state index in [2.05, 4.69) is 11.9 Å². The lowest BCUT2D eigenvalue weighted by Crippen LogP contribution is -2.51. The number of hydrogen-bond acceptors (Lipinski definition) is 5. The predicted molar refractivity (Wildman–Crippen MR) is 104 cm³/mol. The van der Waals surface area contributed by atoms with Crippen molar-refractivity contribution in [1.29, 1.82) is 0 Å². The van der Waals surface area contributed by atoms with Crippen LogP contribution in [0.4, 0.5) is 0 Å². The number of nitrogens with zero attached hydrogens (tertiary/aromatic N) is 2. The summed E-state index contributed by atoms with van der Waals surface area (Å²) in [5, 5.41) is 2.72. The van der Waals surface area contributed by atoms with Gasteiger partial charge < -0.3 is 10.2 Å². The summed E-state index contributed by atoms with van der Waals surface area (Å²) in [6.45, 7) is 8.36. The molecular formula is C19H27N3O4S. The number of carbonyl (C=O) groups excluding carboxylic acids is 2. The highest BCUT2D eigenvalue weighted by Crippen LogP contribution is 2.14. The highest BCUT2D eigenvalue weighted by atomic mass is 32.2. The van der Waals surface area contributed by atoms with Gasteiger partial charge in [-0.3, -0.25) is 14.5 Å². The number of aryl methyl sites for hydroxylation is 1. The number of sulfone groups is 1. The average Bonchev–Trinajstić information content (AvgIpc) is 2.65. The van der Waals surface area contributed by atoms with Gasteiger partial charge in [-0.05, 0) is 19.1 Å². The molecule has 27 heavy (non-hydrogen) atoms. The molecular weight excluding hydrogens is 366 g/mol. The molecule has 7 nitrogen and oxygen atoms in total. The van der Waals surface area contributed by atoms with Gasteiger partial charge >= 0.3 is 0 Å². The Hall–Kier alpha value is -2.19. The first kappa shape index (κ1) is 21.1. The van der Waals surface area contributed by atoms with Crippen molar-refractivity contribution in [3.63, 3.8) is 0 Å². The Labute approximate surface area is 160 Å². The molecule has 0 aromatic heterocycles. The minimum absolute atomic E-state index is 0.0317. The van der Waals surface area contributed by atoms with E-state index in [1.165, 1.54) is 0 Å². The SMILES string of the molecule is C=CCNC(=O)CN1CCN(C(=O)CCS(=O)(=O)c2ccc(C)cc2)CC1. The van der Waals surface area contributed by atoms with Gasteiger partial charge in [0.25, 0.3) is 0 Å². The number of rotatable bonds is 8. The van der Waals surface area contributed by atoms with E-state index in [0.717, 1.165) is 5.56 Å². The van der Waals surface area contributed by atoms with Crippen LogP contribution in [0.25, 0.3) is 0 Å². The van der Waals surface area contributed by atoms with E-state index in [1.54, 1.807) is 35.2 Å². The molecule has 1 aliphatic heterocycles. The van der Waals surface area contributed by atoms with Crippen molar-refractivity contribution in [2.24, 2.45) is 0 Å². The molecule has 1 heterocycles. The van der Waals surface area contributed by atoms with Crippen LogP contribution in [-0.4, -0.2) is 75.1 Å². The van der Waals surface area contributed by atoms with Crippen molar-refractivity contribution in [2.75, 3.05) is 45.0 Å². The number of benzene rings is 1. The maximum absolute atomic E-state index is 12.4. The second-order valence-corrected chi connectivity index (χ2v) is 8.74. The number of carbonyl (C=O) groups is 2. The van der Waals surface area contributed by atoms with Gasteiger partial charge in [0.05, 0.1) is 17.2 Å². The second-order valence-electron chi connectivity index (χ2n) is 6.63. The Morgan fingerprint density at radius 1 is 1.15 bits per heavy atom. The van der Waals surface area contributed by atoms with Gasteiger partial charge in [-0.2, -0.15) is 0 Å². The fraction of sp³-hybridized carbons (Fsp3) is 0.474. The second kappa shape index (κ2) is 9.66. The molecule has 0 unspecified atom stereocenters. The van der Waals surface area contributed by atoms with Gasteiger partial charge in [-0.25, -0.2) is 8.42 Å². The first-order chi connectivity index (χ1) is 12.8.